The molecule has 1 N–H and O–H groups in total. The molecule has 1 atom stereocenters. The lowest BCUT2D eigenvalue weighted by molar-refractivity contribution is 0.110. The molecule has 5 nitrogen and oxygen atoms in total. The Balaban J connectivity index is 1.94. The van der Waals surface area contributed by atoms with Crippen LogP contribution >= 0.6 is 11.6 Å². The highest BCUT2D eigenvalue weighted by molar-refractivity contribution is 6.23. The molecule has 0 amide bonds. The second-order valence-electron chi connectivity index (χ2n) is 5.92. The topological polar surface area (TPSA) is 72.8 Å². The molecular formula is C17H17ClO5. The van der Waals surface area contributed by atoms with Crippen LogP contribution in [0.3, 0.4) is 0 Å². The van der Waals surface area contributed by atoms with Gasteiger partial charge in [0.15, 0.2) is 0 Å². The van der Waals surface area contributed by atoms with Gasteiger partial charge in [0, 0.05) is 18.6 Å². The zero-order valence-electron chi connectivity index (χ0n) is 12.8. The van der Waals surface area contributed by atoms with E-state index in [1.807, 2.05) is 0 Å². The zero-order valence-corrected chi connectivity index (χ0v) is 13.6. The van der Waals surface area contributed by atoms with Gasteiger partial charge in [0.05, 0.1) is 34.6 Å². The molecule has 0 saturated carbocycles. The lowest BCUT2D eigenvalue weighted by Crippen LogP contribution is -2.31. The van der Waals surface area contributed by atoms with Gasteiger partial charge >= 0.3 is 5.63 Å². The smallest absolute Gasteiger partial charge is 0.336 e. The molecule has 0 fully saturated rings. The first-order chi connectivity index (χ1) is 10.9. The second-order valence-corrected chi connectivity index (χ2v) is 6.90. The van der Waals surface area contributed by atoms with E-state index in [2.05, 4.69) is 0 Å². The number of rotatable bonds is 5. The van der Waals surface area contributed by atoms with Gasteiger partial charge in [-0.3, -0.25) is 0 Å². The SMILES string of the molecule is CC(C)(Cl)[C@H](O)CCOc1c2ccoc2cc2oc(=O)ccc12. The van der Waals surface area contributed by atoms with Crippen LogP contribution in [0, 0.1) is 0 Å². The average Bonchev–Trinajstić information content (AvgIpc) is 2.93. The summed E-state index contributed by atoms with van der Waals surface area (Å²) in [6.07, 6.45) is 1.23. The Labute approximate surface area is 137 Å². The fourth-order valence-electron chi connectivity index (χ4n) is 2.38. The van der Waals surface area contributed by atoms with E-state index in [0.29, 0.717) is 28.7 Å². The van der Waals surface area contributed by atoms with E-state index < -0.39 is 16.6 Å². The highest BCUT2D eigenvalue weighted by atomic mass is 35.5. The largest absolute Gasteiger partial charge is 0.492 e. The van der Waals surface area contributed by atoms with Crippen molar-refractivity contribution in [3.05, 3.63) is 40.9 Å². The molecule has 0 radical (unpaired) electrons. The van der Waals surface area contributed by atoms with E-state index in [0.717, 1.165) is 5.39 Å². The number of halogens is 1. The van der Waals surface area contributed by atoms with Crippen molar-refractivity contribution >= 4 is 33.5 Å². The standard InChI is InChI=1S/C17H17ClO5/c1-17(2,18)14(19)6-8-22-16-10-3-4-15(20)23-13(10)9-12-11(16)5-7-21-12/h3-5,7,9,14,19H,6,8H2,1-2H3/t14-/m1/s1. The maximum Gasteiger partial charge on any atom is 0.336 e. The molecule has 3 aromatic rings. The predicted octanol–water partition coefficient (Wildman–Crippen LogP) is 3.69. The zero-order chi connectivity index (χ0) is 16.6. The van der Waals surface area contributed by atoms with Crippen LogP contribution in [0.25, 0.3) is 21.9 Å². The highest BCUT2D eigenvalue weighted by Crippen LogP contribution is 2.35. The molecule has 0 aliphatic heterocycles. The van der Waals surface area contributed by atoms with Gasteiger partial charge in [0.25, 0.3) is 0 Å². The number of alkyl halides is 1. The summed E-state index contributed by atoms with van der Waals surface area (Å²) < 4.78 is 16.4. The third-order valence-corrected chi connectivity index (χ3v) is 3.99. The summed E-state index contributed by atoms with van der Waals surface area (Å²) in [4.78, 5) is 10.7. The number of hydrogen-bond donors (Lipinski definition) is 1. The lowest BCUT2D eigenvalue weighted by atomic mass is 10.0. The van der Waals surface area contributed by atoms with Crippen LogP contribution in [0.4, 0.5) is 0 Å². The third kappa shape index (κ3) is 3.21. The van der Waals surface area contributed by atoms with Crippen molar-refractivity contribution in [1.82, 2.24) is 0 Å². The molecule has 0 spiro atoms. The summed E-state index contributed by atoms with van der Waals surface area (Å²) in [6, 6.07) is 6.45. The van der Waals surface area contributed by atoms with Crippen LogP contribution in [-0.4, -0.2) is 22.7 Å². The van der Waals surface area contributed by atoms with Gasteiger partial charge in [-0.25, -0.2) is 4.79 Å². The fourth-order valence-corrected chi connectivity index (χ4v) is 2.49. The van der Waals surface area contributed by atoms with Crippen molar-refractivity contribution in [2.75, 3.05) is 6.61 Å². The van der Waals surface area contributed by atoms with Crippen LogP contribution < -0.4 is 10.4 Å². The average molecular weight is 337 g/mol. The minimum absolute atomic E-state index is 0.274. The van der Waals surface area contributed by atoms with Crippen molar-refractivity contribution in [2.45, 2.75) is 31.2 Å². The normalized spacial score (nSPS) is 13.6. The van der Waals surface area contributed by atoms with Crippen LogP contribution in [0.1, 0.15) is 20.3 Å². The van der Waals surface area contributed by atoms with Crippen LogP contribution in [-0.2, 0) is 0 Å². The Morgan fingerprint density at radius 1 is 1.26 bits per heavy atom. The van der Waals surface area contributed by atoms with E-state index in [-0.39, 0.29) is 6.61 Å². The van der Waals surface area contributed by atoms with Crippen LogP contribution in [0.5, 0.6) is 5.75 Å². The molecule has 23 heavy (non-hydrogen) atoms. The van der Waals surface area contributed by atoms with Crippen molar-refractivity contribution in [1.29, 1.82) is 0 Å². The van der Waals surface area contributed by atoms with E-state index in [4.69, 9.17) is 25.2 Å². The van der Waals surface area contributed by atoms with E-state index in [1.54, 1.807) is 38.3 Å². The molecule has 2 heterocycles. The molecule has 0 bridgehead atoms. The number of benzene rings is 1. The minimum atomic E-state index is -0.722. The van der Waals surface area contributed by atoms with E-state index >= 15 is 0 Å². The summed E-state index contributed by atoms with van der Waals surface area (Å²) in [5, 5.41) is 11.5. The molecule has 0 unspecified atom stereocenters. The molecule has 2 aromatic heterocycles. The van der Waals surface area contributed by atoms with Crippen LogP contribution in [0.15, 0.2) is 44.2 Å². The van der Waals surface area contributed by atoms with Gasteiger partial charge < -0.3 is 18.7 Å². The number of hydrogen-bond acceptors (Lipinski definition) is 5. The Bertz CT molecular complexity index is 887. The first-order valence-electron chi connectivity index (χ1n) is 7.30. The van der Waals surface area contributed by atoms with Crippen molar-refractivity contribution in [3.63, 3.8) is 0 Å². The number of ether oxygens (including phenoxy) is 1. The van der Waals surface area contributed by atoms with E-state index in [9.17, 15) is 9.90 Å². The Morgan fingerprint density at radius 3 is 2.74 bits per heavy atom. The van der Waals surface area contributed by atoms with Crippen LogP contribution in [0.2, 0.25) is 0 Å². The predicted molar refractivity (Wildman–Crippen MR) is 88.3 cm³/mol. The summed E-state index contributed by atoms with van der Waals surface area (Å²) >= 11 is 6.09. The van der Waals surface area contributed by atoms with E-state index in [1.165, 1.54) is 6.07 Å². The number of aliphatic hydroxyl groups excluding tert-OH is 1. The number of furan rings is 1. The third-order valence-electron chi connectivity index (χ3n) is 3.74. The van der Waals surface area contributed by atoms with Crippen molar-refractivity contribution in [2.24, 2.45) is 0 Å². The summed E-state index contributed by atoms with van der Waals surface area (Å²) in [5.74, 6) is 0.564. The molecule has 0 saturated heterocycles. The first kappa shape index (κ1) is 15.9. The van der Waals surface area contributed by atoms with Gasteiger partial charge in [-0.1, -0.05) is 0 Å². The van der Waals surface area contributed by atoms with Gasteiger partial charge in [-0.15, -0.1) is 11.6 Å². The van der Waals surface area contributed by atoms with Gasteiger partial charge in [-0.05, 0) is 26.0 Å². The van der Waals surface area contributed by atoms with Crippen molar-refractivity contribution < 1.29 is 18.7 Å². The fraction of sp³-hybridized carbons (Fsp3) is 0.353. The van der Waals surface area contributed by atoms with Gasteiger partial charge in [-0.2, -0.15) is 0 Å². The molecule has 3 rings (SSSR count). The Morgan fingerprint density at radius 2 is 2.00 bits per heavy atom. The van der Waals surface area contributed by atoms with Gasteiger partial charge in [0.1, 0.15) is 16.9 Å². The molecule has 0 aliphatic rings. The molecule has 1 aromatic carbocycles. The summed E-state index contributed by atoms with van der Waals surface area (Å²) in [6.45, 7) is 3.77. The quantitative estimate of drug-likeness (QED) is 0.568. The lowest BCUT2D eigenvalue weighted by Gasteiger charge is -2.23. The maximum atomic E-state index is 11.4. The summed E-state index contributed by atoms with van der Waals surface area (Å²) in [7, 11) is 0. The Kier molecular flexibility index (Phi) is 4.08. The Hall–Kier alpha value is -1.98. The molecule has 6 heteroatoms. The monoisotopic (exact) mass is 336 g/mol. The van der Waals surface area contributed by atoms with Crippen molar-refractivity contribution in [3.8, 4) is 5.75 Å². The molecule has 122 valence electrons. The number of fused-ring (bicyclic) bond motifs is 2. The number of aliphatic hydroxyl groups is 1. The minimum Gasteiger partial charge on any atom is -0.492 e. The maximum absolute atomic E-state index is 11.4. The van der Waals surface area contributed by atoms with Gasteiger partial charge in [0.2, 0.25) is 0 Å². The second kappa shape index (κ2) is 5.91. The molecular weight excluding hydrogens is 320 g/mol. The first-order valence-corrected chi connectivity index (χ1v) is 7.68. The highest BCUT2D eigenvalue weighted by Gasteiger charge is 2.24. The summed E-state index contributed by atoms with van der Waals surface area (Å²) in [5.41, 5.74) is 0.530. The molecule has 0 aliphatic carbocycles.